The molecule has 0 N–H and O–H groups in total. The number of rotatable bonds is 10. The van der Waals surface area contributed by atoms with E-state index in [0.717, 1.165) is 4.90 Å². The first-order chi connectivity index (χ1) is 14.9. The zero-order chi connectivity index (χ0) is 22.1. The molecular formula is C21H24FNO6S2. The quantitative estimate of drug-likeness (QED) is 0.301. The molecular weight excluding hydrogens is 445 g/mol. The Balaban J connectivity index is 1.34. The molecule has 1 fully saturated rings. The number of ether oxygens (including phenoxy) is 3. The minimum absolute atomic E-state index is 0.0911. The maximum atomic E-state index is 12.9. The summed E-state index contributed by atoms with van der Waals surface area (Å²) in [6.07, 6.45) is 0.232. The van der Waals surface area contributed by atoms with Gasteiger partial charge in [-0.15, -0.1) is 11.8 Å². The van der Waals surface area contributed by atoms with Gasteiger partial charge >= 0.3 is 5.97 Å². The summed E-state index contributed by atoms with van der Waals surface area (Å²) < 4.78 is 55.2. The Labute approximate surface area is 185 Å². The number of morpholine rings is 1. The highest BCUT2D eigenvalue weighted by Crippen LogP contribution is 2.21. The second-order valence-corrected chi connectivity index (χ2v) is 9.72. The molecule has 10 heteroatoms. The standard InChI is InChI=1S/C21H24FNO6S2/c22-17-1-5-19(6-2-17)30-16-9-21(24)29-15-14-28-18-3-7-20(8-4-18)31(25,26)23-10-12-27-13-11-23/h1-8H,9-16H2. The van der Waals surface area contributed by atoms with Crippen LogP contribution in [0.4, 0.5) is 4.39 Å². The Kier molecular flexibility index (Phi) is 8.70. The van der Waals surface area contributed by atoms with Crippen molar-refractivity contribution in [2.75, 3.05) is 45.3 Å². The lowest BCUT2D eigenvalue weighted by molar-refractivity contribution is -0.143. The number of esters is 1. The topological polar surface area (TPSA) is 82.1 Å². The Morgan fingerprint density at radius 1 is 1.03 bits per heavy atom. The minimum atomic E-state index is -3.54. The van der Waals surface area contributed by atoms with Crippen LogP contribution in [0.5, 0.6) is 5.75 Å². The molecule has 0 atom stereocenters. The number of halogens is 1. The normalized spacial score (nSPS) is 14.9. The lowest BCUT2D eigenvalue weighted by atomic mass is 10.3. The van der Waals surface area contributed by atoms with E-state index in [9.17, 15) is 17.6 Å². The van der Waals surface area contributed by atoms with Gasteiger partial charge in [-0.05, 0) is 48.5 Å². The second-order valence-electron chi connectivity index (χ2n) is 6.61. The van der Waals surface area contributed by atoms with Gasteiger partial charge in [0.15, 0.2) is 0 Å². The van der Waals surface area contributed by atoms with Gasteiger partial charge < -0.3 is 14.2 Å². The van der Waals surface area contributed by atoms with Crippen molar-refractivity contribution in [2.45, 2.75) is 16.2 Å². The molecule has 0 saturated carbocycles. The van der Waals surface area contributed by atoms with Crippen LogP contribution >= 0.6 is 11.8 Å². The van der Waals surface area contributed by atoms with Gasteiger partial charge in [0.2, 0.25) is 10.0 Å². The van der Waals surface area contributed by atoms with Gasteiger partial charge in [-0.2, -0.15) is 4.31 Å². The number of benzene rings is 2. The zero-order valence-electron chi connectivity index (χ0n) is 16.9. The van der Waals surface area contributed by atoms with E-state index in [0.29, 0.717) is 37.8 Å². The summed E-state index contributed by atoms with van der Waals surface area (Å²) >= 11 is 1.45. The summed E-state index contributed by atoms with van der Waals surface area (Å²) in [5.74, 6) is 0.385. The van der Waals surface area contributed by atoms with E-state index < -0.39 is 10.0 Å². The predicted octanol–water partition coefficient (Wildman–Crippen LogP) is 2.95. The number of hydrogen-bond donors (Lipinski definition) is 0. The number of sulfonamides is 1. The van der Waals surface area contributed by atoms with Crippen LogP contribution in [0.2, 0.25) is 0 Å². The Morgan fingerprint density at radius 3 is 2.39 bits per heavy atom. The fourth-order valence-electron chi connectivity index (χ4n) is 2.81. The van der Waals surface area contributed by atoms with Crippen molar-refractivity contribution < 1.29 is 31.8 Å². The third-order valence-electron chi connectivity index (χ3n) is 4.44. The Hall–Kier alpha value is -2.14. The molecule has 31 heavy (non-hydrogen) atoms. The highest BCUT2D eigenvalue weighted by Gasteiger charge is 2.26. The zero-order valence-corrected chi connectivity index (χ0v) is 18.5. The fourth-order valence-corrected chi connectivity index (χ4v) is 5.06. The molecule has 1 saturated heterocycles. The molecule has 0 amide bonds. The molecule has 1 heterocycles. The van der Waals surface area contributed by atoms with Gasteiger partial charge in [0.25, 0.3) is 0 Å². The van der Waals surface area contributed by atoms with E-state index in [1.807, 2.05) is 0 Å². The van der Waals surface area contributed by atoms with Crippen LogP contribution in [0.25, 0.3) is 0 Å². The first-order valence-electron chi connectivity index (χ1n) is 9.80. The van der Waals surface area contributed by atoms with Crippen LogP contribution in [-0.2, 0) is 24.3 Å². The predicted molar refractivity (Wildman–Crippen MR) is 114 cm³/mol. The largest absolute Gasteiger partial charge is 0.490 e. The van der Waals surface area contributed by atoms with Gasteiger partial charge in [-0.25, -0.2) is 12.8 Å². The first kappa shape index (κ1) is 23.5. The van der Waals surface area contributed by atoms with Crippen LogP contribution in [0.1, 0.15) is 6.42 Å². The van der Waals surface area contributed by atoms with Crippen LogP contribution < -0.4 is 4.74 Å². The summed E-state index contributed by atoms with van der Waals surface area (Å²) in [6.45, 7) is 1.72. The molecule has 0 unspecified atom stereocenters. The van der Waals surface area contributed by atoms with Crippen LogP contribution in [0.15, 0.2) is 58.3 Å². The van der Waals surface area contributed by atoms with E-state index in [4.69, 9.17) is 14.2 Å². The molecule has 0 radical (unpaired) electrons. The van der Waals surface area contributed by atoms with Gasteiger partial charge in [0.1, 0.15) is 24.8 Å². The molecule has 0 spiro atoms. The maximum Gasteiger partial charge on any atom is 0.306 e. The van der Waals surface area contributed by atoms with E-state index >= 15 is 0 Å². The number of carbonyl (C=O) groups excluding carboxylic acids is 1. The van der Waals surface area contributed by atoms with E-state index in [-0.39, 0.29) is 36.3 Å². The monoisotopic (exact) mass is 469 g/mol. The average molecular weight is 470 g/mol. The van der Waals surface area contributed by atoms with Crippen LogP contribution in [-0.4, -0.2) is 64.0 Å². The van der Waals surface area contributed by atoms with Gasteiger partial charge in [-0.3, -0.25) is 4.79 Å². The van der Waals surface area contributed by atoms with E-state index in [1.165, 1.54) is 40.3 Å². The molecule has 168 valence electrons. The summed E-state index contributed by atoms with van der Waals surface area (Å²) in [5, 5.41) is 0. The minimum Gasteiger partial charge on any atom is -0.490 e. The van der Waals surface area contributed by atoms with E-state index in [1.54, 1.807) is 24.3 Å². The van der Waals surface area contributed by atoms with Crippen molar-refractivity contribution in [3.8, 4) is 5.75 Å². The number of hydrogen-bond acceptors (Lipinski definition) is 7. The third kappa shape index (κ3) is 7.20. The maximum absolute atomic E-state index is 12.9. The number of nitrogens with zero attached hydrogens (tertiary/aromatic N) is 1. The Morgan fingerprint density at radius 2 is 1.71 bits per heavy atom. The van der Waals surface area contributed by atoms with Crippen molar-refractivity contribution in [1.82, 2.24) is 4.31 Å². The lowest BCUT2D eigenvalue weighted by Crippen LogP contribution is -2.40. The molecule has 7 nitrogen and oxygen atoms in total. The number of carbonyl (C=O) groups is 1. The molecule has 1 aliphatic heterocycles. The van der Waals surface area contributed by atoms with Crippen LogP contribution in [0, 0.1) is 5.82 Å². The molecule has 3 rings (SSSR count). The highest BCUT2D eigenvalue weighted by atomic mass is 32.2. The summed E-state index contributed by atoms with van der Waals surface area (Å²) in [6, 6.07) is 12.2. The molecule has 0 aromatic heterocycles. The highest BCUT2D eigenvalue weighted by molar-refractivity contribution is 7.99. The van der Waals surface area contributed by atoms with Crippen molar-refractivity contribution in [2.24, 2.45) is 0 Å². The summed E-state index contributed by atoms with van der Waals surface area (Å²) in [5.41, 5.74) is 0. The smallest absolute Gasteiger partial charge is 0.306 e. The molecule has 1 aliphatic rings. The van der Waals surface area contributed by atoms with Gasteiger partial charge in [0.05, 0.1) is 24.5 Å². The third-order valence-corrected chi connectivity index (χ3v) is 7.36. The summed E-state index contributed by atoms with van der Waals surface area (Å²) in [7, 11) is -3.54. The first-order valence-corrected chi connectivity index (χ1v) is 12.2. The molecule has 0 bridgehead atoms. The molecule has 0 aliphatic carbocycles. The fraction of sp³-hybridized carbons (Fsp3) is 0.381. The Bertz CT molecular complexity index is 945. The summed E-state index contributed by atoms with van der Waals surface area (Å²) in [4.78, 5) is 12.9. The number of thioether (sulfide) groups is 1. The van der Waals surface area contributed by atoms with Crippen molar-refractivity contribution in [3.05, 3.63) is 54.3 Å². The van der Waals surface area contributed by atoms with Crippen molar-refractivity contribution >= 4 is 27.8 Å². The van der Waals surface area contributed by atoms with Gasteiger partial charge in [0, 0.05) is 23.7 Å². The SMILES string of the molecule is O=C(CCSc1ccc(F)cc1)OCCOc1ccc(S(=O)(=O)N2CCOCC2)cc1. The van der Waals surface area contributed by atoms with Crippen molar-refractivity contribution in [3.63, 3.8) is 0 Å². The van der Waals surface area contributed by atoms with Crippen molar-refractivity contribution in [1.29, 1.82) is 0 Å². The van der Waals surface area contributed by atoms with Gasteiger partial charge in [-0.1, -0.05) is 0 Å². The van der Waals surface area contributed by atoms with E-state index in [2.05, 4.69) is 0 Å². The molecule has 2 aromatic rings. The second kappa shape index (κ2) is 11.5. The molecule has 2 aromatic carbocycles. The van der Waals surface area contributed by atoms with Crippen LogP contribution in [0.3, 0.4) is 0 Å². The lowest BCUT2D eigenvalue weighted by Gasteiger charge is -2.26. The average Bonchev–Trinajstić information content (AvgIpc) is 2.79.